The van der Waals surface area contributed by atoms with Crippen LogP contribution in [0.5, 0.6) is 17.2 Å². The van der Waals surface area contributed by atoms with Crippen molar-refractivity contribution in [2.75, 3.05) is 38.2 Å². The van der Waals surface area contributed by atoms with E-state index < -0.39 is 46.9 Å². The van der Waals surface area contributed by atoms with Gasteiger partial charge in [0.25, 0.3) is 24.1 Å². The second-order valence-electron chi connectivity index (χ2n) is 19.5. The Balaban J connectivity index is 0.821. The van der Waals surface area contributed by atoms with Crippen LogP contribution in [0.4, 0.5) is 14.6 Å². The zero-order valence-electron chi connectivity index (χ0n) is 38.3. The molecule has 350 valence electrons. The van der Waals surface area contributed by atoms with Crippen molar-refractivity contribution in [2.45, 2.75) is 117 Å². The maximum Gasteiger partial charge on any atom is 0.271 e. The van der Waals surface area contributed by atoms with Crippen molar-refractivity contribution in [3.8, 4) is 23.3 Å². The van der Waals surface area contributed by atoms with E-state index in [4.69, 9.17) is 14.2 Å². The lowest BCUT2D eigenvalue weighted by atomic mass is 9.49. The number of hydrogen-bond donors (Lipinski definition) is 2. The molecule has 66 heavy (non-hydrogen) atoms. The third-order valence-corrected chi connectivity index (χ3v) is 14.2. The van der Waals surface area contributed by atoms with E-state index >= 15 is 0 Å². The number of aromatic nitrogens is 2. The second kappa shape index (κ2) is 17.9. The minimum atomic E-state index is -2.52. The van der Waals surface area contributed by atoms with E-state index in [9.17, 15) is 38.0 Å². The van der Waals surface area contributed by atoms with Crippen LogP contribution in [0.2, 0.25) is 0 Å². The molecule has 0 spiro atoms. The number of carbonyl (C=O) groups is 5. The molecule has 2 aromatic carbocycles. The average molecular weight is 911 g/mol. The molecule has 1 unspecified atom stereocenters. The molecule has 1 atom stereocenters. The number of halogens is 2. The van der Waals surface area contributed by atoms with Gasteiger partial charge in [0.15, 0.2) is 0 Å². The monoisotopic (exact) mass is 910 g/mol. The predicted octanol–water partition coefficient (Wildman–Crippen LogP) is 5.38. The van der Waals surface area contributed by atoms with Crippen molar-refractivity contribution in [1.29, 1.82) is 5.26 Å². The number of hydrogen-bond acceptors (Lipinski definition) is 13. The van der Waals surface area contributed by atoms with Crippen molar-refractivity contribution in [3.63, 3.8) is 0 Å². The third-order valence-electron chi connectivity index (χ3n) is 14.2. The summed E-state index contributed by atoms with van der Waals surface area (Å²) in [5.74, 6) is -1.02. The molecule has 3 aromatic rings. The van der Waals surface area contributed by atoms with Crippen LogP contribution in [-0.4, -0.2) is 119 Å². The van der Waals surface area contributed by atoms with Crippen molar-refractivity contribution in [3.05, 3.63) is 70.2 Å². The van der Waals surface area contributed by atoms with E-state index in [1.807, 2.05) is 30.9 Å². The van der Waals surface area contributed by atoms with Gasteiger partial charge >= 0.3 is 0 Å². The zero-order valence-corrected chi connectivity index (χ0v) is 38.3. The molecule has 3 aliphatic heterocycles. The van der Waals surface area contributed by atoms with Gasteiger partial charge in [-0.1, -0.05) is 27.7 Å². The van der Waals surface area contributed by atoms with Gasteiger partial charge in [-0.15, -0.1) is 0 Å². The number of ether oxygens (including phenoxy) is 3. The number of carbonyl (C=O) groups excluding carboxylic acids is 5. The summed E-state index contributed by atoms with van der Waals surface area (Å²) in [6.07, 6.45) is 2.52. The molecule has 5 amide bonds. The number of amides is 5. The largest absolute Gasteiger partial charge is 0.496 e. The quantitative estimate of drug-likeness (QED) is 0.196. The van der Waals surface area contributed by atoms with Crippen LogP contribution in [0.3, 0.4) is 0 Å². The van der Waals surface area contributed by atoms with Gasteiger partial charge in [-0.05, 0) is 68.4 Å². The van der Waals surface area contributed by atoms with E-state index in [0.717, 1.165) is 28.9 Å². The lowest BCUT2D eigenvalue weighted by Gasteiger charge is -2.63. The van der Waals surface area contributed by atoms with Crippen LogP contribution < -0.4 is 29.7 Å². The van der Waals surface area contributed by atoms with Crippen molar-refractivity contribution >= 4 is 35.4 Å². The first kappa shape index (κ1) is 46.3. The number of methoxy groups -OCH3 is 1. The highest BCUT2D eigenvalue weighted by molar-refractivity contribution is 6.24. The third kappa shape index (κ3) is 8.65. The Bertz CT molecular complexity index is 2440. The summed E-state index contributed by atoms with van der Waals surface area (Å²) in [5, 5.41) is 14.8. The first-order chi connectivity index (χ1) is 31.3. The summed E-state index contributed by atoms with van der Waals surface area (Å²) >= 11 is 0. The number of fused-ring (bicyclic) bond motifs is 1. The number of imide groups is 2. The van der Waals surface area contributed by atoms with E-state index in [1.165, 1.54) is 25.4 Å². The Morgan fingerprint density at radius 3 is 2.21 bits per heavy atom. The summed E-state index contributed by atoms with van der Waals surface area (Å²) in [5.41, 5.74) is 1.75. The first-order valence-electron chi connectivity index (χ1n) is 22.5. The van der Waals surface area contributed by atoms with Crippen LogP contribution in [0.15, 0.2) is 36.7 Å². The predicted molar refractivity (Wildman–Crippen MR) is 236 cm³/mol. The number of anilines is 1. The first-order valence-corrected chi connectivity index (χ1v) is 22.5. The minimum absolute atomic E-state index is 0.00591. The van der Waals surface area contributed by atoms with Crippen LogP contribution in [0, 0.1) is 41.9 Å². The summed E-state index contributed by atoms with van der Waals surface area (Å²) in [7, 11) is 1.36. The molecule has 0 bridgehead atoms. The number of aryl methyl sites for hydroxylation is 2. The number of nitriles is 1. The summed E-state index contributed by atoms with van der Waals surface area (Å²) < 4.78 is 46.0. The number of nitrogens with one attached hydrogen (secondary N) is 2. The fraction of sp³-hybridized carbons (Fsp3) is 0.542. The van der Waals surface area contributed by atoms with Crippen molar-refractivity contribution in [2.24, 2.45) is 16.7 Å². The number of alkyl halides is 2. The van der Waals surface area contributed by atoms with Gasteiger partial charge in [0.05, 0.1) is 48.8 Å². The van der Waals surface area contributed by atoms with Crippen LogP contribution in [0.1, 0.15) is 114 Å². The lowest BCUT2D eigenvalue weighted by Crippen LogP contribution is -2.74. The molecular weight excluding hydrogens is 855 g/mol. The molecule has 1 aromatic heterocycles. The Morgan fingerprint density at radius 2 is 1.62 bits per heavy atom. The molecule has 8 rings (SSSR count). The Labute approximate surface area is 382 Å². The van der Waals surface area contributed by atoms with E-state index in [-0.39, 0.29) is 83.8 Å². The average Bonchev–Trinajstić information content (AvgIpc) is 3.50. The van der Waals surface area contributed by atoms with E-state index in [1.54, 1.807) is 6.20 Å². The summed E-state index contributed by atoms with van der Waals surface area (Å²) in [6, 6.07) is 7.47. The highest BCUT2D eigenvalue weighted by Gasteiger charge is 2.64. The summed E-state index contributed by atoms with van der Waals surface area (Å²) in [4.78, 5) is 78.4. The molecule has 16 nitrogen and oxygen atoms in total. The Morgan fingerprint density at radius 1 is 0.955 bits per heavy atom. The molecule has 2 saturated heterocycles. The zero-order chi connectivity index (χ0) is 47.4. The maximum atomic E-state index is 13.9. The normalized spacial score (nSPS) is 24.6. The number of piperidine rings is 2. The molecule has 5 aliphatic rings. The van der Waals surface area contributed by atoms with Gasteiger partial charge in [0.1, 0.15) is 47.0 Å². The lowest BCUT2D eigenvalue weighted by molar-refractivity contribution is -0.164. The van der Waals surface area contributed by atoms with Crippen LogP contribution in [0.25, 0.3) is 0 Å². The molecular formula is C48H56F2N8O8. The Kier molecular flexibility index (Phi) is 12.5. The van der Waals surface area contributed by atoms with Crippen molar-refractivity contribution in [1.82, 2.24) is 30.4 Å². The van der Waals surface area contributed by atoms with Gasteiger partial charge in [-0.25, -0.2) is 18.7 Å². The molecule has 18 heteroatoms. The molecule has 4 fully saturated rings. The van der Waals surface area contributed by atoms with Gasteiger partial charge in [0.2, 0.25) is 11.8 Å². The fourth-order valence-corrected chi connectivity index (χ4v) is 11.0. The second-order valence-corrected chi connectivity index (χ2v) is 19.5. The number of nitrogens with zero attached hydrogens (tertiary/aromatic N) is 6. The van der Waals surface area contributed by atoms with Crippen LogP contribution in [-0.2, 0) is 9.59 Å². The van der Waals surface area contributed by atoms with Gasteiger partial charge in [-0.2, -0.15) is 5.26 Å². The maximum absolute atomic E-state index is 13.9. The molecule has 2 aliphatic carbocycles. The molecule has 4 heterocycles. The van der Waals surface area contributed by atoms with Gasteiger partial charge < -0.3 is 24.4 Å². The van der Waals surface area contributed by atoms with Crippen molar-refractivity contribution < 1.29 is 47.0 Å². The molecule has 2 N–H and O–H groups in total. The van der Waals surface area contributed by atoms with Gasteiger partial charge in [0, 0.05) is 67.9 Å². The summed E-state index contributed by atoms with van der Waals surface area (Å²) in [6.45, 7) is 13.5. The van der Waals surface area contributed by atoms with Crippen LogP contribution >= 0.6 is 0 Å². The molecule has 2 saturated carbocycles. The number of rotatable bonds is 14. The highest BCUT2D eigenvalue weighted by atomic mass is 19.3. The topological polar surface area (TPSA) is 196 Å². The fourth-order valence-electron chi connectivity index (χ4n) is 11.0. The SMILES string of the molecule is COc1cc(OC2CC(N(CC(F)F)CC3CCN(c4cnc(C(=O)NC5C(C)(C)C(Oc6cc(C)c(C#N)c(C)c6)C5(C)C)cn4)CC3)C2)cc2c1C(=O)N(C1CCC(=O)NC1=O)C2=O. The van der Waals surface area contributed by atoms with Gasteiger partial charge in [-0.3, -0.25) is 39.1 Å². The molecule has 0 radical (unpaired) electrons. The Hall–Kier alpha value is -6.22. The van der Waals surface area contributed by atoms with E-state index in [0.29, 0.717) is 49.6 Å². The smallest absolute Gasteiger partial charge is 0.271 e. The van der Waals surface area contributed by atoms with E-state index in [2.05, 4.69) is 59.3 Å². The highest BCUT2D eigenvalue weighted by Crippen LogP contribution is 2.55. The minimum Gasteiger partial charge on any atom is -0.496 e. The number of benzene rings is 2. The standard InChI is InChI=1S/C48H56F2N8O8/c1-25-14-29(15-26(2)33(25)20-51)66-46-47(3,4)45(48(46,5)6)55-41(60)34-21-53-38(22-52-34)56-12-10-27(11-13-56)23-57(24-37(49)50)28-16-30(17-28)65-31-18-32-40(36(19-31)64-7)44(63)58(43(32)62)35-8-9-39(59)54-42(35)61/h14-15,18-19,21-22,27-28,30,35,37,45-46H,8-13,16-17,23-24H2,1-7H3,(H,55,60)(H,54,59,61).